The van der Waals surface area contributed by atoms with Gasteiger partial charge in [-0.05, 0) is 44.7 Å². The predicted molar refractivity (Wildman–Crippen MR) is 96.8 cm³/mol. The molecule has 0 bridgehead atoms. The van der Waals surface area contributed by atoms with Crippen molar-refractivity contribution in [2.45, 2.75) is 45.2 Å². The van der Waals surface area contributed by atoms with Crippen molar-refractivity contribution in [1.29, 1.82) is 0 Å². The van der Waals surface area contributed by atoms with Crippen molar-refractivity contribution in [2.24, 2.45) is 5.92 Å². The molecule has 1 aliphatic carbocycles. The van der Waals surface area contributed by atoms with E-state index in [1.807, 2.05) is 29.8 Å². The average Bonchev–Trinajstić information content (AvgIpc) is 3.42. The molecule has 2 amide bonds. The Kier molecular flexibility index (Phi) is 4.22. The summed E-state index contributed by atoms with van der Waals surface area (Å²) in [6, 6.07) is 7.10. The zero-order chi connectivity index (χ0) is 18.3. The molecule has 0 spiro atoms. The number of aryl methyl sites for hydroxylation is 2. The highest BCUT2D eigenvalue weighted by molar-refractivity contribution is 6.05. The molecule has 1 aromatic heterocycles. The number of nitrogens with zero attached hydrogens (tertiary/aromatic N) is 4. The fourth-order valence-corrected chi connectivity index (χ4v) is 3.52. The van der Waals surface area contributed by atoms with Gasteiger partial charge in [-0.2, -0.15) is 5.10 Å². The molecule has 2 aromatic rings. The molecule has 1 fully saturated rings. The number of para-hydroxylation sites is 1. The Morgan fingerprint density at radius 2 is 2.00 bits per heavy atom. The molecular weight excluding hydrogens is 330 g/mol. The maximum Gasteiger partial charge on any atom is 0.253 e. The van der Waals surface area contributed by atoms with E-state index in [2.05, 4.69) is 15.4 Å². The van der Waals surface area contributed by atoms with E-state index in [9.17, 15) is 9.59 Å². The van der Waals surface area contributed by atoms with E-state index >= 15 is 0 Å². The first-order valence-corrected chi connectivity index (χ1v) is 9.13. The van der Waals surface area contributed by atoms with Gasteiger partial charge in [-0.15, -0.1) is 0 Å². The maximum atomic E-state index is 13.0. The number of amides is 2. The molecule has 2 aliphatic rings. The minimum absolute atomic E-state index is 0.0817. The van der Waals surface area contributed by atoms with Crippen LogP contribution in [-0.2, 0) is 11.3 Å². The normalized spacial score (nSPS) is 18.9. The fraction of sp³-hybridized carbons (Fsp3) is 0.474. The molecule has 26 heavy (non-hydrogen) atoms. The molecule has 1 N–H and O–H groups in total. The fourth-order valence-electron chi connectivity index (χ4n) is 3.52. The predicted octanol–water partition coefficient (Wildman–Crippen LogP) is 2.22. The van der Waals surface area contributed by atoms with Crippen molar-refractivity contribution in [3.05, 3.63) is 41.5 Å². The number of rotatable bonds is 4. The van der Waals surface area contributed by atoms with E-state index in [0.29, 0.717) is 11.3 Å². The second-order valence-electron chi connectivity index (χ2n) is 7.10. The van der Waals surface area contributed by atoms with Crippen LogP contribution in [0.5, 0.6) is 0 Å². The lowest BCUT2D eigenvalue weighted by molar-refractivity contribution is -0.119. The summed E-state index contributed by atoms with van der Waals surface area (Å²) in [7, 11) is 1.74. The van der Waals surface area contributed by atoms with E-state index in [4.69, 9.17) is 0 Å². The zero-order valence-electron chi connectivity index (χ0n) is 15.1. The molecule has 0 radical (unpaired) electrons. The summed E-state index contributed by atoms with van der Waals surface area (Å²) >= 11 is 0. The summed E-state index contributed by atoms with van der Waals surface area (Å²) < 4.78 is 1.87. The van der Waals surface area contributed by atoms with Crippen LogP contribution in [0.2, 0.25) is 0 Å². The van der Waals surface area contributed by atoms with Gasteiger partial charge in [0, 0.05) is 19.5 Å². The molecule has 1 unspecified atom stereocenters. The molecule has 1 atom stereocenters. The third kappa shape index (κ3) is 3.09. The molecule has 4 rings (SSSR count). The lowest BCUT2D eigenvalue weighted by Crippen LogP contribution is -2.35. The molecule has 7 nitrogen and oxygen atoms in total. The van der Waals surface area contributed by atoms with Gasteiger partial charge in [-0.1, -0.05) is 12.1 Å². The number of carbonyl (C=O) groups is 2. The number of benzene rings is 1. The standard InChI is InChI=1S/C19H23N5O2/c1-12-20-17-15(7-5-11-24(17)22-12)21-18(25)14-6-3-4-8-16(14)23(2)19(26)13-9-10-13/h3-4,6,8,13,15H,5,7,9-11H2,1-2H3,(H,21,25). The van der Waals surface area contributed by atoms with Crippen molar-refractivity contribution in [3.8, 4) is 0 Å². The highest BCUT2D eigenvalue weighted by atomic mass is 16.2. The van der Waals surface area contributed by atoms with Gasteiger partial charge >= 0.3 is 0 Å². The second kappa shape index (κ2) is 6.55. The first-order chi connectivity index (χ1) is 12.5. The molecule has 1 aliphatic heterocycles. The van der Waals surface area contributed by atoms with Crippen LogP contribution in [0, 0.1) is 12.8 Å². The van der Waals surface area contributed by atoms with Crippen LogP contribution < -0.4 is 10.2 Å². The van der Waals surface area contributed by atoms with Crippen molar-refractivity contribution in [3.63, 3.8) is 0 Å². The quantitative estimate of drug-likeness (QED) is 0.914. The minimum Gasteiger partial charge on any atom is -0.342 e. The Labute approximate surface area is 152 Å². The SMILES string of the molecule is Cc1nc2n(n1)CCCC2NC(=O)c1ccccc1N(C)C(=O)C1CC1. The van der Waals surface area contributed by atoms with Crippen LogP contribution in [0.1, 0.15) is 53.7 Å². The largest absolute Gasteiger partial charge is 0.342 e. The number of carbonyl (C=O) groups excluding carboxylic acids is 2. The summed E-state index contributed by atoms with van der Waals surface area (Å²) in [5, 5.41) is 7.46. The lowest BCUT2D eigenvalue weighted by atomic mass is 10.1. The van der Waals surface area contributed by atoms with E-state index < -0.39 is 0 Å². The summed E-state index contributed by atoms with van der Waals surface area (Å²) in [5.41, 5.74) is 1.16. The van der Waals surface area contributed by atoms with Crippen LogP contribution in [-0.4, -0.2) is 33.6 Å². The number of aromatic nitrogens is 3. The van der Waals surface area contributed by atoms with Crippen LogP contribution in [0.3, 0.4) is 0 Å². The highest BCUT2D eigenvalue weighted by Crippen LogP contribution is 2.33. The average molecular weight is 353 g/mol. The van der Waals surface area contributed by atoms with Crippen LogP contribution in [0.15, 0.2) is 24.3 Å². The molecule has 1 aromatic carbocycles. The molecule has 0 saturated heterocycles. The van der Waals surface area contributed by atoms with Gasteiger partial charge in [0.25, 0.3) is 5.91 Å². The number of hydrogen-bond donors (Lipinski definition) is 1. The van der Waals surface area contributed by atoms with Gasteiger partial charge in [0.15, 0.2) is 0 Å². The summed E-state index contributed by atoms with van der Waals surface area (Å²) in [5.74, 6) is 1.53. The Morgan fingerprint density at radius 3 is 2.77 bits per heavy atom. The smallest absolute Gasteiger partial charge is 0.253 e. The van der Waals surface area contributed by atoms with Gasteiger partial charge in [0.1, 0.15) is 11.6 Å². The van der Waals surface area contributed by atoms with E-state index in [-0.39, 0.29) is 23.8 Å². The Balaban J connectivity index is 1.57. The van der Waals surface area contributed by atoms with Crippen LogP contribution in [0.25, 0.3) is 0 Å². The Morgan fingerprint density at radius 1 is 1.23 bits per heavy atom. The van der Waals surface area contributed by atoms with Crippen LogP contribution >= 0.6 is 0 Å². The van der Waals surface area contributed by atoms with Crippen LogP contribution in [0.4, 0.5) is 5.69 Å². The molecule has 136 valence electrons. The zero-order valence-corrected chi connectivity index (χ0v) is 15.1. The van der Waals surface area contributed by atoms with E-state index in [1.54, 1.807) is 18.0 Å². The minimum atomic E-state index is -0.185. The van der Waals surface area contributed by atoms with Gasteiger partial charge in [0.2, 0.25) is 5.91 Å². The Hall–Kier alpha value is -2.70. The monoisotopic (exact) mass is 353 g/mol. The third-order valence-corrected chi connectivity index (χ3v) is 5.05. The van der Waals surface area contributed by atoms with Gasteiger partial charge in [0.05, 0.1) is 17.3 Å². The van der Waals surface area contributed by atoms with E-state index in [1.165, 1.54) is 0 Å². The van der Waals surface area contributed by atoms with Crippen molar-refractivity contribution >= 4 is 17.5 Å². The van der Waals surface area contributed by atoms with Crippen molar-refractivity contribution < 1.29 is 9.59 Å². The maximum absolute atomic E-state index is 13.0. The van der Waals surface area contributed by atoms with E-state index in [0.717, 1.165) is 43.9 Å². The first-order valence-electron chi connectivity index (χ1n) is 9.13. The topological polar surface area (TPSA) is 80.1 Å². The number of fused-ring (bicyclic) bond motifs is 1. The number of anilines is 1. The van der Waals surface area contributed by atoms with Crippen molar-refractivity contribution in [1.82, 2.24) is 20.1 Å². The number of hydrogen-bond acceptors (Lipinski definition) is 4. The van der Waals surface area contributed by atoms with Gasteiger partial charge in [-0.3, -0.25) is 9.59 Å². The third-order valence-electron chi connectivity index (χ3n) is 5.05. The second-order valence-corrected chi connectivity index (χ2v) is 7.10. The summed E-state index contributed by atoms with van der Waals surface area (Å²) in [6.45, 7) is 2.69. The van der Waals surface area contributed by atoms with Crippen molar-refractivity contribution in [2.75, 3.05) is 11.9 Å². The first kappa shape index (κ1) is 16.8. The lowest BCUT2D eigenvalue weighted by Gasteiger charge is -2.25. The molecular formula is C19H23N5O2. The van der Waals surface area contributed by atoms with Gasteiger partial charge < -0.3 is 10.2 Å². The molecule has 7 heteroatoms. The summed E-state index contributed by atoms with van der Waals surface area (Å²) in [6.07, 6.45) is 3.66. The summed E-state index contributed by atoms with van der Waals surface area (Å²) in [4.78, 5) is 31.4. The Bertz CT molecular complexity index is 855. The van der Waals surface area contributed by atoms with Gasteiger partial charge in [-0.25, -0.2) is 9.67 Å². The molecule has 1 saturated carbocycles. The number of nitrogens with one attached hydrogen (secondary N) is 1. The molecule has 2 heterocycles. The highest BCUT2D eigenvalue weighted by Gasteiger charge is 2.34.